The number of benzene rings is 2. The molecule has 0 spiro atoms. The highest BCUT2D eigenvalue weighted by Gasteiger charge is 2.14. The average Bonchev–Trinajstić information content (AvgIpc) is 3.29. The Bertz CT molecular complexity index is 889. The number of methoxy groups -OCH3 is 3. The number of likely N-dealkylation sites (tertiary alicyclic amines) is 1. The molecule has 0 unspecified atom stereocenters. The van der Waals surface area contributed by atoms with Crippen LogP contribution in [0.15, 0.2) is 42.5 Å². The molecule has 160 valence electrons. The Morgan fingerprint density at radius 1 is 0.967 bits per heavy atom. The van der Waals surface area contributed by atoms with Crippen molar-refractivity contribution in [2.75, 3.05) is 34.4 Å². The lowest BCUT2D eigenvalue weighted by Gasteiger charge is -2.17. The Morgan fingerprint density at radius 3 is 2.27 bits per heavy atom. The Morgan fingerprint density at radius 2 is 1.60 bits per heavy atom. The van der Waals surface area contributed by atoms with Gasteiger partial charge in [0.1, 0.15) is 5.75 Å². The lowest BCUT2D eigenvalue weighted by molar-refractivity contribution is -0.116. The van der Waals surface area contributed by atoms with Gasteiger partial charge in [0.05, 0.1) is 21.3 Å². The van der Waals surface area contributed by atoms with Crippen molar-refractivity contribution in [3.63, 3.8) is 0 Å². The molecule has 1 aliphatic rings. The molecule has 1 N–H and O–H groups in total. The molecule has 0 saturated carbocycles. The zero-order valence-corrected chi connectivity index (χ0v) is 17.9. The van der Waals surface area contributed by atoms with Gasteiger partial charge in [-0.25, -0.2) is 0 Å². The summed E-state index contributed by atoms with van der Waals surface area (Å²) in [5.41, 5.74) is 3.15. The number of rotatable bonds is 9. The number of carbonyl (C=O) groups excluding carboxylic acids is 1. The summed E-state index contributed by atoms with van der Waals surface area (Å²) in [5, 5.41) is 2.98. The van der Waals surface area contributed by atoms with Crippen molar-refractivity contribution in [1.82, 2.24) is 10.2 Å². The summed E-state index contributed by atoms with van der Waals surface area (Å²) in [4.78, 5) is 14.9. The second-order valence-corrected chi connectivity index (χ2v) is 7.25. The number of hydrogen-bond acceptors (Lipinski definition) is 5. The van der Waals surface area contributed by atoms with Gasteiger partial charge < -0.3 is 19.5 Å². The van der Waals surface area contributed by atoms with Crippen LogP contribution in [0.1, 0.15) is 29.5 Å². The molecule has 0 radical (unpaired) electrons. The van der Waals surface area contributed by atoms with Crippen LogP contribution in [-0.2, 0) is 17.9 Å². The lowest BCUT2D eigenvalue weighted by Crippen LogP contribution is -2.23. The van der Waals surface area contributed by atoms with E-state index in [1.54, 1.807) is 39.5 Å². The van der Waals surface area contributed by atoms with Gasteiger partial charge in [0.2, 0.25) is 5.91 Å². The van der Waals surface area contributed by atoms with Crippen molar-refractivity contribution in [1.29, 1.82) is 0 Å². The van der Waals surface area contributed by atoms with Gasteiger partial charge in [-0.2, -0.15) is 0 Å². The summed E-state index contributed by atoms with van der Waals surface area (Å²) < 4.78 is 16.0. The molecule has 1 heterocycles. The Labute approximate surface area is 178 Å². The fraction of sp³-hybridized carbons (Fsp3) is 0.375. The first-order chi connectivity index (χ1) is 14.6. The number of carbonyl (C=O) groups is 1. The second-order valence-electron chi connectivity index (χ2n) is 7.25. The normalized spacial score (nSPS) is 14.1. The summed E-state index contributed by atoms with van der Waals surface area (Å²) in [6.45, 7) is 3.73. The molecule has 6 heteroatoms. The largest absolute Gasteiger partial charge is 0.496 e. The van der Waals surface area contributed by atoms with Crippen molar-refractivity contribution < 1.29 is 19.0 Å². The first-order valence-corrected chi connectivity index (χ1v) is 10.2. The van der Waals surface area contributed by atoms with E-state index < -0.39 is 0 Å². The van der Waals surface area contributed by atoms with E-state index in [1.807, 2.05) is 6.07 Å². The molecule has 1 aliphatic heterocycles. The van der Waals surface area contributed by atoms with Crippen molar-refractivity contribution in [2.45, 2.75) is 25.9 Å². The first-order valence-electron chi connectivity index (χ1n) is 10.2. The topological polar surface area (TPSA) is 60.0 Å². The van der Waals surface area contributed by atoms with Gasteiger partial charge in [0.15, 0.2) is 11.5 Å². The van der Waals surface area contributed by atoms with Crippen LogP contribution in [0.2, 0.25) is 0 Å². The summed E-state index contributed by atoms with van der Waals surface area (Å²) >= 11 is 0. The molecule has 0 bridgehead atoms. The molecule has 1 amide bonds. The van der Waals surface area contributed by atoms with Gasteiger partial charge >= 0.3 is 0 Å². The van der Waals surface area contributed by atoms with Gasteiger partial charge in [-0.1, -0.05) is 24.3 Å². The van der Waals surface area contributed by atoms with Crippen LogP contribution in [0.5, 0.6) is 17.2 Å². The highest BCUT2D eigenvalue weighted by atomic mass is 16.5. The maximum Gasteiger partial charge on any atom is 0.244 e. The molecule has 3 rings (SSSR count). The van der Waals surface area contributed by atoms with Crippen molar-refractivity contribution >= 4 is 12.0 Å². The average molecular weight is 411 g/mol. The van der Waals surface area contributed by atoms with E-state index in [9.17, 15) is 4.79 Å². The van der Waals surface area contributed by atoms with Crippen molar-refractivity contribution in [3.8, 4) is 17.2 Å². The van der Waals surface area contributed by atoms with Gasteiger partial charge in [-0.3, -0.25) is 9.69 Å². The van der Waals surface area contributed by atoms with Crippen LogP contribution in [0.4, 0.5) is 0 Å². The minimum atomic E-state index is -0.164. The predicted molar refractivity (Wildman–Crippen MR) is 118 cm³/mol. The van der Waals surface area contributed by atoms with Gasteiger partial charge in [-0.15, -0.1) is 0 Å². The first kappa shape index (κ1) is 21.7. The minimum Gasteiger partial charge on any atom is -0.496 e. The molecule has 0 atom stereocenters. The third kappa shape index (κ3) is 5.54. The molecular formula is C24H30N2O4. The maximum absolute atomic E-state index is 12.4. The van der Waals surface area contributed by atoms with E-state index in [1.165, 1.54) is 24.5 Å². The summed E-state index contributed by atoms with van der Waals surface area (Å²) in [7, 11) is 4.72. The van der Waals surface area contributed by atoms with E-state index >= 15 is 0 Å². The van der Waals surface area contributed by atoms with Crippen LogP contribution in [0, 0.1) is 0 Å². The molecule has 1 saturated heterocycles. The molecule has 30 heavy (non-hydrogen) atoms. The lowest BCUT2D eigenvalue weighted by atomic mass is 10.1. The van der Waals surface area contributed by atoms with Crippen LogP contribution in [-0.4, -0.2) is 45.2 Å². The van der Waals surface area contributed by atoms with E-state index in [-0.39, 0.29) is 5.91 Å². The molecule has 0 aromatic heterocycles. The van der Waals surface area contributed by atoms with Gasteiger partial charge in [0, 0.05) is 30.8 Å². The highest BCUT2D eigenvalue weighted by Crippen LogP contribution is 2.35. The smallest absolute Gasteiger partial charge is 0.244 e. The van der Waals surface area contributed by atoms with E-state index in [0.717, 1.165) is 30.8 Å². The number of amides is 1. The Balaban J connectivity index is 1.64. The monoisotopic (exact) mass is 410 g/mol. The minimum absolute atomic E-state index is 0.164. The molecule has 6 nitrogen and oxygen atoms in total. The third-order valence-corrected chi connectivity index (χ3v) is 5.31. The van der Waals surface area contributed by atoms with Crippen LogP contribution in [0.25, 0.3) is 6.08 Å². The van der Waals surface area contributed by atoms with E-state index in [2.05, 4.69) is 28.4 Å². The third-order valence-electron chi connectivity index (χ3n) is 5.31. The van der Waals surface area contributed by atoms with Gasteiger partial charge in [0.25, 0.3) is 0 Å². The van der Waals surface area contributed by atoms with Crippen LogP contribution in [0.3, 0.4) is 0 Å². The van der Waals surface area contributed by atoms with E-state index in [4.69, 9.17) is 14.2 Å². The van der Waals surface area contributed by atoms with Crippen LogP contribution >= 0.6 is 0 Å². The maximum atomic E-state index is 12.4. The summed E-state index contributed by atoms with van der Waals surface area (Å²) in [6, 6.07) is 11.8. The van der Waals surface area contributed by atoms with Crippen molar-refractivity contribution in [2.24, 2.45) is 0 Å². The number of nitrogens with one attached hydrogen (secondary N) is 1. The number of hydrogen-bond donors (Lipinski definition) is 1. The molecule has 2 aromatic rings. The second kappa shape index (κ2) is 10.7. The Hall–Kier alpha value is -2.99. The molecule has 0 aliphatic carbocycles. The summed E-state index contributed by atoms with van der Waals surface area (Å²) in [6.07, 6.45) is 5.76. The zero-order valence-electron chi connectivity index (χ0n) is 17.9. The van der Waals surface area contributed by atoms with Crippen LogP contribution < -0.4 is 19.5 Å². The molecular weight excluding hydrogens is 380 g/mol. The van der Waals surface area contributed by atoms with Crippen molar-refractivity contribution in [3.05, 3.63) is 59.2 Å². The Kier molecular flexibility index (Phi) is 7.74. The SMILES string of the molecule is COc1cc(OC)c(OC)cc1/C=C/C(=O)NCc1ccccc1CN1CCCC1. The quantitative estimate of drug-likeness (QED) is 0.640. The highest BCUT2D eigenvalue weighted by molar-refractivity contribution is 5.92. The fourth-order valence-corrected chi connectivity index (χ4v) is 3.66. The van der Waals surface area contributed by atoms with Gasteiger partial charge in [-0.05, 0) is 49.2 Å². The van der Waals surface area contributed by atoms with E-state index in [0.29, 0.717) is 23.8 Å². The molecule has 1 fully saturated rings. The zero-order chi connectivity index (χ0) is 21.3. The molecule has 2 aromatic carbocycles. The number of ether oxygens (including phenoxy) is 3. The summed E-state index contributed by atoms with van der Waals surface area (Å²) in [5.74, 6) is 1.59. The standard InChI is InChI=1S/C24H30N2O4/c1-28-21-15-23(30-3)22(29-2)14-18(21)10-11-24(27)25-16-19-8-4-5-9-20(19)17-26-12-6-7-13-26/h4-5,8-11,14-15H,6-7,12-13,16-17H2,1-3H3,(H,25,27)/b11-10+. The predicted octanol–water partition coefficient (Wildman–Crippen LogP) is 3.64. The fourth-order valence-electron chi connectivity index (χ4n) is 3.66. The number of nitrogens with zero attached hydrogens (tertiary/aromatic N) is 1.